The molecule has 0 radical (unpaired) electrons. The Labute approximate surface area is 193 Å². The Hall–Kier alpha value is -2.78. The average molecular weight is 454 g/mol. The highest BCUT2D eigenvalue weighted by Crippen LogP contribution is 2.30. The number of imide groups is 1. The fourth-order valence-corrected chi connectivity index (χ4v) is 5.47. The van der Waals surface area contributed by atoms with Crippen LogP contribution in [0, 0.1) is 0 Å². The van der Waals surface area contributed by atoms with E-state index in [2.05, 4.69) is 15.5 Å². The Morgan fingerprint density at radius 2 is 1.85 bits per heavy atom. The number of carbonyl (C=O) groups is 4. The molecule has 1 aromatic rings. The summed E-state index contributed by atoms with van der Waals surface area (Å²) in [7, 11) is 0. The lowest BCUT2D eigenvalue weighted by atomic mass is 10.0. The van der Waals surface area contributed by atoms with Crippen LogP contribution in [-0.4, -0.2) is 83.1 Å². The maximum Gasteiger partial charge on any atom is 0.255 e. The lowest BCUT2D eigenvalue weighted by Crippen LogP contribution is -2.54. The first kappa shape index (κ1) is 22.0. The van der Waals surface area contributed by atoms with Crippen molar-refractivity contribution < 1.29 is 19.2 Å². The number of carbonyl (C=O) groups excluding carboxylic acids is 4. The zero-order valence-corrected chi connectivity index (χ0v) is 18.8. The van der Waals surface area contributed by atoms with Crippen molar-refractivity contribution in [3.8, 4) is 0 Å². The third-order valence-corrected chi connectivity index (χ3v) is 7.33. The van der Waals surface area contributed by atoms with Crippen LogP contribution in [0.5, 0.6) is 0 Å². The smallest absolute Gasteiger partial charge is 0.255 e. The molecule has 0 aliphatic carbocycles. The first-order chi connectivity index (χ1) is 16.0. The van der Waals surface area contributed by atoms with E-state index >= 15 is 0 Å². The summed E-state index contributed by atoms with van der Waals surface area (Å²) in [6.45, 7) is 4.89. The molecule has 9 heteroatoms. The zero-order valence-electron chi connectivity index (χ0n) is 18.8. The molecule has 0 spiro atoms. The van der Waals surface area contributed by atoms with E-state index in [0.29, 0.717) is 38.2 Å². The second-order valence-electron chi connectivity index (χ2n) is 9.46. The summed E-state index contributed by atoms with van der Waals surface area (Å²) in [4.78, 5) is 55.7. The summed E-state index contributed by atoms with van der Waals surface area (Å²) in [5, 5.41) is 5.70. The van der Waals surface area contributed by atoms with E-state index in [1.807, 2.05) is 23.1 Å². The zero-order chi connectivity index (χ0) is 22.9. The van der Waals surface area contributed by atoms with Gasteiger partial charge in [-0.1, -0.05) is 24.6 Å². The molecule has 4 amide bonds. The van der Waals surface area contributed by atoms with E-state index in [4.69, 9.17) is 0 Å². The van der Waals surface area contributed by atoms with Gasteiger partial charge in [0.15, 0.2) is 0 Å². The van der Waals surface area contributed by atoms with Crippen molar-refractivity contribution in [1.29, 1.82) is 0 Å². The van der Waals surface area contributed by atoms with Crippen molar-refractivity contribution in [2.24, 2.45) is 0 Å². The summed E-state index contributed by atoms with van der Waals surface area (Å²) in [6.07, 6.45) is 3.78. The fourth-order valence-electron chi connectivity index (χ4n) is 5.47. The second-order valence-corrected chi connectivity index (χ2v) is 9.46. The number of nitrogens with one attached hydrogen (secondary N) is 2. The molecule has 3 saturated heterocycles. The van der Waals surface area contributed by atoms with Crippen LogP contribution in [0.2, 0.25) is 0 Å². The molecular weight excluding hydrogens is 422 g/mol. The van der Waals surface area contributed by atoms with Crippen LogP contribution < -0.4 is 10.6 Å². The van der Waals surface area contributed by atoms with E-state index in [0.717, 1.165) is 50.0 Å². The number of piperidine rings is 2. The van der Waals surface area contributed by atoms with Crippen LogP contribution in [0.25, 0.3) is 0 Å². The van der Waals surface area contributed by atoms with Crippen LogP contribution in [-0.2, 0) is 27.5 Å². The van der Waals surface area contributed by atoms with Gasteiger partial charge >= 0.3 is 0 Å². The second kappa shape index (κ2) is 9.23. The molecule has 4 heterocycles. The van der Waals surface area contributed by atoms with Crippen molar-refractivity contribution in [2.45, 2.75) is 57.3 Å². The Balaban J connectivity index is 1.22. The Bertz CT molecular complexity index is 966. The van der Waals surface area contributed by atoms with Crippen molar-refractivity contribution in [3.05, 3.63) is 34.9 Å². The molecule has 33 heavy (non-hydrogen) atoms. The number of fused-ring (bicyclic) bond motifs is 1. The van der Waals surface area contributed by atoms with E-state index in [1.54, 1.807) is 4.90 Å². The van der Waals surface area contributed by atoms with E-state index < -0.39 is 6.04 Å². The number of rotatable bonds is 4. The molecule has 0 saturated carbocycles. The molecule has 0 aromatic heterocycles. The lowest BCUT2D eigenvalue weighted by Gasteiger charge is -2.37. The molecule has 4 aliphatic heterocycles. The molecule has 0 bridgehead atoms. The average Bonchev–Trinajstić information content (AvgIpc) is 3.17. The van der Waals surface area contributed by atoms with Gasteiger partial charge in [0.25, 0.3) is 5.91 Å². The third kappa shape index (κ3) is 4.39. The van der Waals surface area contributed by atoms with Gasteiger partial charge in [0, 0.05) is 51.3 Å². The minimum atomic E-state index is -0.599. The van der Waals surface area contributed by atoms with Gasteiger partial charge in [0.1, 0.15) is 6.04 Å². The first-order valence-corrected chi connectivity index (χ1v) is 12.0. The van der Waals surface area contributed by atoms with Crippen molar-refractivity contribution >= 4 is 23.6 Å². The molecule has 9 nitrogen and oxygen atoms in total. The summed E-state index contributed by atoms with van der Waals surface area (Å²) in [5.41, 5.74) is 2.58. The number of nitrogens with zero attached hydrogens (tertiary/aromatic N) is 3. The maximum atomic E-state index is 13.3. The number of benzene rings is 1. The van der Waals surface area contributed by atoms with E-state index in [-0.39, 0.29) is 36.1 Å². The highest BCUT2D eigenvalue weighted by molar-refractivity contribution is 6.06. The van der Waals surface area contributed by atoms with Crippen molar-refractivity contribution in [1.82, 2.24) is 25.3 Å². The van der Waals surface area contributed by atoms with Crippen molar-refractivity contribution in [2.75, 3.05) is 32.7 Å². The van der Waals surface area contributed by atoms with Crippen LogP contribution in [0.1, 0.15) is 53.6 Å². The largest absolute Gasteiger partial charge is 0.339 e. The Kier molecular flexibility index (Phi) is 6.16. The normalized spacial score (nSPS) is 26.4. The molecule has 5 rings (SSSR count). The van der Waals surface area contributed by atoms with Gasteiger partial charge in [0.05, 0.1) is 6.04 Å². The third-order valence-electron chi connectivity index (χ3n) is 7.33. The quantitative estimate of drug-likeness (QED) is 0.633. The maximum absolute atomic E-state index is 13.3. The van der Waals surface area contributed by atoms with E-state index in [9.17, 15) is 19.2 Å². The van der Waals surface area contributed by atoms with Gasteiger partial charge in [-0.05, 0) is 36.9 Å². The van der Waals surface area contributed by atoms with Crippen LogP contribution in [0.3, 0.4) is 0 Å². The highest BCUT2D eigenvalue weighted by atomic mass is 16.2. The first-order valence-electron chi connectivity index (χ1n) is 12.0. The van der Waals surface area contributed by atoms with Gasteiger partial charge in [0.2, 0.25) is 17.7 Å². The predicted octanol–water partition coefficient (Wildman–Crippen LogP) is 0.234. The van der Waals surface area contributed by atoms with Gasteiger partial charge < -0.3 is 15.1 Å². The topological polar surface area (TPSA) is 102 Å². The molecule has 4 aliphatic rings. The van der Waals surface area contributed by atoms with Crippen LogP contribution in [0.15, 0.2) is 18.2 Å². The summed E-state index contributed by atoms with van der Waals surface area (Å²) >= 11 is 0. The van der Waals surface area contributed by atoms with E-state index in [1.165, 1.54) is 0 Å². The number of hydrogen-bond donors (Lipinski definition) is 2. The molecule has 2 atom stereocenters. The molecule has 3 fully saturated rings. The molecule has 1 unspecified atom stereocenters. The Morgan fingerprint density at radius 1 is 1.03 bits per heavy atom. The summed E-state index contributed by atoms with van der Waals surface area (Å²) in [5.74, 6) is -0.586. The number of piperazine rings is 1. The standard InChI is InChI=1S/C24H31N5O4/c30-20-8-7-19(22(31)26-20)29-15-17-5-3-4-16(21(17)24(29)33)14-27-10-12-28(13-11-27)23(32)18-6-1-2-9-25-18/h3-5,18-19,25H,1-2,6-15H2,(H,26,30,31)/t18-,19?/m1/s1. The lowest BCUT2D eigenvalue weighted by molar-refractivity contribution is -0.137. The minimum Gasteiger partial charge on any atom is -0.339 e. The van der Waals surface area contributed by atoms with Gasteiger partial charge in [-0.3, -0.25) is 29.4 Å². The summed E-state index contributed by atoms with van der Waals surface area (Å²) in [6, 6.07) is 5.24. The van der Waals surface area contributed by atoms with Crippen molar-refractivity contribution in [3.63, 3.8) is 0 Å². The van der Waals surface area contributed by atoms with Crippen LogP contribution in [0.4, 0.5) is 0 Å². The summed E-state index contributed by atoms with van der Waals surface area (Å²) < 4.78 is 0. The predicted molar refractivity (Wildman–Crippen MR) is 120 cm³/mol. The van der Waals surface area contributed by atoms with Gasteiger partial charge in [-0.15, -0.1) is 0 Å². The number of amides is 4. The molecule has 176 valence electrons. The molecule has 2 N–H and O–H groups in total. The van der Waals surface area contributed by atoms with Gasteiger partial charge in [-0.2, -0.15) is 0 Å². The molecule has 1 aromatic carbocycles. The van der Waals surface area contributed by atoms with Gasteiger partial charge in [-0.25, -0.2) is 0 Å². The molecular formula is C24H31N5O4. The minimum absolute atomic E-state index is 0.0430. The number of hydrogen-bond acceptors (Lipinski definition) is 6. The van der Waals surface area contributed by atoms with Crippen LogP contribution >= 0.6 is 0 Å². The monoisotopic (exact) mass is 453 g/mol. The highest BCUT2D eigenvalue weighted by Gasteiger charge is 2.40. The fraction of sp³-hybridized carbons (Fsp3) is 0.583. The Morgan fingerprint density at radius 3 is 2.58 bits per heavy atom. The SMILES string of the molecule is O=C1CCC(N2Cc3cccc(CN4CCN(C(=O)[C@H]5CCCCN5)CC4)c3C2=O)C(=O)N1.